The van der Waals surface area contributed by atoms with Crippen molar-refractivity contribution in [3.05, 3.63) is 112 Å². The van der Waals surface area contributed by atoms with Gasteiger partial charge in [0.1, 0.15) is 17.5 Å². The summed E-state index contributed by atoms with van der Waals surface area (Å²) in [6.07, 6.45) is -3.48. The number of nitrogens with one attached hydrogen (secondary N) is 1. The number of primary amides is 1. The Balaban J connectivity index is 1.35. The van der Waals surface area contributed by atoms with Gasteiger partial charge in [0.2, 0.25) is 5.91 Å². The second kappa shape index (κ2) is 10.9. The molecule has 2 amide bonds. The first-order valence-electron chi connectivity index (χ1n) is 13.8. The molecule has 2 aromatic carbocycles. The van der Waals surface area contributed by atoms with Crippen molar-refractivity contribution in [2.45, 2.75) is 37.6 Å². The van der Waals surface area contributed by atoms with Crippen molar-refractivity contribution in [1.29, 1.82) is 0 Å². The van der Waals surface area contributed by atoms with Gasteiger partial charge in [-0.05, 0) is 77.3 Å². The molecule has 0 radical (unpaired) electrons. The lowest BCUT2D eigenvalue weighted by molar-refractivity contribution is -0.122. The summed E-state index contributed by atoms with van der Waals surface area (Å²) < 4.78 is 84.0. The van der Waals surface area contributed by atoms with Gasteiger partial charge < -0.3 is 16.2 Å². The summed E-state index contributed by atoms with van der Waals surface area (Å²) in [5, 5.41) is 13.4. The fourth-order valence-corrected chi connectivity index (χ4v) is 6.53. The zero-order valence-corrected chi connectivity index (χ0v) is 22.8. The number of hydrogen-bond donors (Lipinski definition) is 3. The third kappa shape index (κ3) is 5.49. The summed E-state index contributed by atoms with van der Waals surface area (Å²) in [4.78, 5) is 29.6. The third-order valence-corrected chi connectivity index (χ3v) is 8.42. The SMILES string of the molecule is NC(=O)c1cc(-c2cccnc2[C@H](Cc2cc(F)cc(F)c2)NC(=O)CC2C=C(C(F)(F)F)C3=C2C(O)C2CC32)ccc1F. The quantitative estimate of drug-likeness (QED) is 0.293. The van der Waals surface area contributed by atoms with Crippen LogP contribution in [0.4, 0.5) is 26.3 Å². The number of pyridine rings is 1. The molecule has 4 N–H and O–H groups in total. The van der Waals surface area contributed by atoms with E-state index in [1.807, 2.05) is 0 Å². The van der Waals surface area contributed by atoms with E-state index in [0.717, 1.165) is 24.3 Å². The van der Waals surface area contributed by atoms with Crippen molar-refractivity contribution in [2.75, 3.05) is 0 Å². The number of carbonyl (C=O) groups is 2. The van der Waals surface area contributed by atoms with Crippen LogP contribution in [-0.2, 0) is 11.2 Å². The monoisotopic (exact) mass is 613 g/mol. The van der Waals surface area contributed by atoms with E-state index in [4.69, 9.17) is 5.73 Å². The van der Waals surface area contributed by atoms with Crippen LogP contribution < -0.4 is 11.1 Å². The summed E-state index contributed by atoms with van der Waals surface area (Å²) in [6.45, 7) is 0. The Bertz CT molecular complexity index is 1730. The van der Waals surface area contributed by atoms with Gasteiger partial charge >= 0.3 is 6.18 Å². The van der Waals surface area contributed by atoms with Crippen LogP contribution >= 0.6 is 0 Å². The topological polar surface area (TPSA) is 105 Å². The van der Waals surface area contributed by atoms with Crippen LogP contribution in [0.5, 0.6) is 0 Å². The molecule has 0 bridgehead atoms. The molecule has 4 unspecified atom stereocenters. The summed E-state index contributed by atoms with van der Waals surface area (Å²) in [6, 6.07) is 8.51. The maximum Gasteiger partial charge on any atom is 0.416 e. The first-order chi connectivity index (χ1) is 20.8. The van der Waals surface area contributed by atoms with E-state index < -0.39 is 71.1 Å². The highest BCUT2D eigenvalue weighted by Crippen LogP contribution is 2.63. The van der Waals surface area contributed by atoms with Gasteiger partial charge in [-0.3, -0.25) is 14.6 Å². The number of rotatable bonds is 8. The lowest BCUT2D eigenvalue weighted by Gasteiger charge is -2.23. The smallest absolute Gasteiger partial charge is 0.388 e. The minimum absolute atomic E-state index is 0.0770. The molecule has 1 saturated carbocycles. The van der Waals surface area contributed by atoms with E-state index in [-0.39, 0.29) is 40.7 Å². The second-order valence-electron chi connectivity index (χ2n) is 11.3. The van der Waals surface area contributed by atoms with E-state index in [1.54, 1.807) is 12.1 Å². The summed E-state index contributed by atoms with van der Waals surface area (Å²) in [7, 11) is 0. The predicted octanol–water partition coefficient (Wildman–Crippen LogP) is 5.48. The number of carbonyl (C=O) groups excluding carboxylic acids is 2. The van der Waals surface area contributed by atoms with Gasteiger partial charge in [0, 0.05) is 30.2 Å². The van der Waals surface area contributed by atoms with E-state index in [9.17, 15) is 41.0 Å². The minimum atomic E-state index is -4.64. The summed E-state index contributed by atoms with van der Waals surface area (Å²) in [5.74, 6) is -5.94. The Morgan fingerprint density at radius 3 is 2.48 bits per heavy atom. The average molecular weight is 614 g/mol. The average Bonchev–Trinajstić information content (AvgIpc) is 3.56. The maximum atomic E-state index is 14.2. The van der Waals surface area contributed by atoms with Gasteiger partial charge in [0.25, 0.3) is 5.91 Å². The van der Waals surface area contributed by atoms with Gasteiger partial charge in [-0.1, -0.05) is 18.2 Å². The zero-order chi connectivity index (χ0) is 31.5. The van der Waals surface area contributed by atoms with Crippen molar-refractivity contribution in [2.24, 2.45) is 23.5 Å². The fourth-order valence-electron chi connectivity index (χ4n) is 6.53. The molecule has 228 valence electrons. The molecule has 0 saturated heterocycles. The minimum Gasteiger partial charge on any atom is -0.388 e. The molecule has 1 heterocycles. The van der Waals surface area contributed by atoms with Crippen LogP contribution in [0.1, 0.15) is 40.5 Å². The largest absolute Gasteiger partial charge is 0.416 e. The molecule has 6 rings (SSSR count). The van der Waals surface area contributed by atoms with Gasteiger partial charge in [-0.25, -0.2) is 13.2 Å². The first kappa shape index (κ1) is 29.6. The number of hydrogen-bond acceptors (Lipinski definition) is 4. The third-order valence-electron chi connectivity index (χ3n) is 8.42. The highest BCUT2D eigenvalue weighted by atomic mass is 19.4. The highest BCUT2D eigenvalue weighted by Gasteiger charge is 2.60. The fraction of sp³-hybridized carbons (Fsp3) is 0.281. The van der Waals surface area contributed by atoms with Gasteiger partial charge in [0.15, 0.2) is 0 Å². The van der Waals surface area contributed by atoms with Crippen molar-refractivity contribution in [1.82, 2.24) is 10.3 Å². The molecule has 3 aliphatic rings. The molecule has 44 heavy (non-hydrogen) atoms. The number of allylic oxidation sites excluding steroid dienone is 3. The van der Waals surface area contributed by atoms with Gasteiger partial charge in [0.05, 0.1) is 29.0 Å². The number of alkyl halides is 3. The highest BCUT2D eigenvalue weighted by molar-refractivity contribution is 5.94. The van der Waals surface area contributed by atoms with E-state index in [2.05, 4.69) is 10.3 Å². The van der Waals surface area contributed by atoms with Crippen molar-refractivity contribution in [3.63, 3.8) is 0 Å². The molecule has 1 aromatic heterocycles. The number of aromatic nitrogens is 1. The van der Waals surface area contributed by atoms with E-state index >= 15 is 0 Å². The molecule has 3 aliphatic carbocycles. The lowest BCUT2D eigenvalue weighted by atomic mass is 9.91. The standard InChI is InChI=1S/C32H25F6N3O3/c33-17-6-14(7-18(34)12-17)8-25(29-19(2-1-5-40-29)15-3-4-24(35)22(9-15)31(39)44)41-26(42)11-16-10-23(32(36,37)38)28-20-13-21(20)30(43)27(16)28/h1-7,9-10,12,16,20-21,25,30,43H,8,11,13H2,(H2,39,44)(H,41,42)/t16?,20?,21?,25-,30?/m0/s1. The van der Waals surface area contributed by atoms with Crippen LogP contribution in [0.15, 0.2) is 77.5 Å². The van der Waals surface area contributed by atoms with Crippen LogP contribution in [0.2, 0.25) is 0 Å². The van der Waals surface area contributed by atoms with Crippen LogP contribution in [-0.4, -0.2) is 34.2 Å². The van der Waals surface area contributed by atoms with Crippen molar-refractivity contribution < 1.29 is 41.0 Å². The number of fused-ring (bicyclic) bond motifs is 2. The van der Waals surface area contributed by atoms with Crippen LogP contribution in [0.25, 0.3) is 11.1 Å². The number of amides is 2. The molecule has 12 heteroatoms. The Labute approximate surface area is 247 Å². The van der Waals surface area contributed by atoms with Crippen LogP contribution in [0, 0.1) is 35.2 Å². The summed E-state index contributed by atoms with van der Waals surface area (Å²) >= 11 is 0. The number of nitrogens with zero attached hydrogens (tertiary/aromatic N) is 1. The lowest BCUT2D eigenvalue weighted by Crippen LogP contribution is -2.33. The normalized spacial score (nSPS) is 22.8. The Hall–Kier alpha value is -4.45. The Kier molecular flexibility index (Phi) is 7.35. The van der Waals surface area contributed by atoms with Gasteiger partial charge in [-0.2, -0.15) is 13.2 Å². The van der Waals surface area contributed by atoms with Crippen LogP contribution in [0.3, 0.4) is 0 Å². The molecule has 6 nitrogen and oxygen atoms in total. The molecular weight excluding hydrogens is 588 g/mol. The molecular formula is C32H25F6N3O3. The maximum absolute atomic E-state index is 14.2. The Morgan fingerprint density at radius 1 is 1.07 bits per heavy atom. The van der Waals surface area contributed by atoms with E-state index in [1.165, 1.54) is 18.3 Å². The number of aliphatic hydroxyl groups is 1. The number of halogens is 6. The molecule has 0 aliphatic heterocycles. The van der Waals surface area contributed by atoms with Crippen molar-refractivity contribution >= 4 is 11.8 Å². The second-order valence-corrected chi connectivity index (χ2v) is 11.3. The first-order valence-corrected chi connectivity index (χ1v) is 13.8. The zero-order valence-electron chi connectivity index (χ0n) is 22.8. The number of benzene rings is 2. The predicted molar refractivity (Wildman–Crippen MR) is 146 cm³/mol. The Morgan fingerprint density at radius 2 is 1.80 bits per heavy atom. The summed E-state index contributed by atoms with van der Waals surface area (Å²) in [5.41, 5.74) is 5.37. The van der Waals surface area contributed by atoms with Gasteiger partial charge in [-0.15, -0.1) is 0 Å². The molecule has 3 aromatic rings. The number of aliphatic hydroxyl groups excluding tert-OH is 1. The molecule has 0 spiro atoms. The number of nitrogens with two attached hydrogens (primary N) is 1. The molecule has 1 fully saturated rings. The van der Waals surface area contributed by atoms with Crippen molar-refractivity contribution in [3.8, 4) is 11.1 Å². The molecule has 5 atom stereocenters. The van der Waals surface area contributed by atoms with E-state index in [0.29, 0.717) is 23.6 Å².